The summed E-state index contributed by atoms with van der Waals surface area (Å²) < 4.78 is 0. The van der Waals surface area contributed by atoms with E-state index in [0.717, 1.165) is 30.2 Å². The molecule has 0 heterocycles. The predicted molar refractivity (Wildman–Crippen MR) is 82.5 cm³/mol. The summed E-state index contributed by atoms with van der Waals surface area (Å²) in [7, 11) is 0. The number of halogens is 1. The molecule has 1 aliphatic rings. The second kappa shape index (κ2) is 6.08. The summed E-state index contributed by atoms with van der Waals surface area (Å²) in [4.78, 5) is 12.6. The Morgan fingerprint density at radius 2 is 1.95 bits per heavy atom. The summed E-state index contributed by atoms with van der Waals surface area (Å²) in [5, 5.41) is 4.17. The van der Waals surface area contributed by atoms with Crippen LogP contribution in [0.4, 0.5) is 0 Å². The first-order valence-electron chi connectivity index (χ1n) is 7.02. The fourth-order valence-electron chi connectivity index (χ4n) is 2.53. The van der Waals surface area contributed by atoms with Crippen molar-refractivity contribution in [3.8, 4) is 0 Å². The van der Waals surface area contributed by atoms with Gasteiger partial charge in [0.2, 0.25) is 5.91 Å². The lowest BCUT2D eigenvalue weighted by atomic mass is 9.93. The molecule has 1 fully saturated rings. The van der Waals surface area contributed by atoms with E-state index in [1.165, 1.54) is 0 Å². The third-order valence-corrected chi connectivity index (χ3v) is 4.51. The van der Waals surface area contributed by atoms with Gasteiger partial charge in [0.15, 0.2) is 0 Å². The van der Waals surface area contributed by atoms with Gasteiger partial charge in [-0.3, -0.25) is 4.79 Å². The highest BCUT2D eigenvalue weighted by Gasteiger charge is 2.51. The van der Waals surface area contributed by atoms with Gasteiger partial charge in [-0.2, -0.15) is 0 Å². The summed E-state index contributed by atoms with van der Waals surface area (Å²) in [6.45, 7) is 4.32. The number of alkyl halides is 1. The summed E-state index contributed by atoms with van der Waals surface area (Å²) in [5.41, 5.74) is 0.912. The molecule has 2 rings (SSSR count). The monoisotopic (exact) mass is 323 g/mol. The quantitative estimate of drug-likeness (QED) is 0.795. The van der Waals surface area contributed by atoms with Gasteiger partial charge in [-0.05, 0) is 30.7 Å². The number of carbonyl (C=O) groups excluding carboxylic acids is 1. The van der Waals surface area contributed by atoms with Crippen LogP contribution in [0, 0.1) is 5.92 Å². The van der Waals surface area contributed by atoms with Crippen LogP contribution in [0.1, 0.15) is 38.7 Å². The van der Waals surface area contributed by atoms with Crippen LogP contribution in [0.25, 0.3) is 0 Å². The third-order valence-electron chi connectivity index (χ3n) is 4.05. The van der Waals surface area contributed by atoms with Crippen molar-refractivity contribution < 1.29 is 4.79 Å². The number of hydrogen-bond donors (Lipinski definition) is 1. The molecule has 0 spiro atoms. The molecule has 1 aromatic carbocycles. The lowest BCUT2D eigenvalue weighted by Gasteiger charge is -2.25. The van der Waals surface area contributed by atoms with Crippen LogP contribution in [0.5, 0.6) is 0 Å². The van der Waals surface area contributed by atoms with Crippen LogP contribution in [0.15, 0.2) is 30.3 Å². The molecule has 1 saturated carbocycles. The molecule has 1 amide bonds. The second-order valence-electron chi connectivity index (χ2n) is 5.75. The van der Waals surface area contributed by atoms with E-state index in [-0.39, 0.29) is 17.4 Å². The Labute approximate surface area is 124 Å². The zero-order valence-electron chi connectivity index (χ0n) is 11.7. The summed E-state index contributed by atoms with van der Waals surface area (Å²) in [6.07, 6.45) is 2.93. The van der Waals surface area contributed by atoms with E-state index < -0.39 is 0 Å². The average Bonchev–Trinajstić information content (AvgIpc) is 3.20. The van der Waals surface area contributed by atoms with Crippen LogP contribution in [-0.4, -0.2) is 17.3 Å². The SMILES string of the molecule is CC(C)C(CCBr)NC(=O)C1(c2ccccc2)CC1. The molecule has 2 nitrogen and oxygen atoms in total. The Bertz CT molecular complexity index is 426. The molecule has 3 heteroatoms. The number of hydrogen-bond acceptors (Lipinski definition) is 1. The predicted octanol–water partition coefficient (Wildman–Crippen LogP) is 3.64. The molecule has 1 aliphatic carbocycles. The number of rotatable bonds is 6. The van der Waals surface area contributed by atoms with Gasteiger partial charge in [-0.1, -0.05) is 60.1 Å². The highest BCUT2D eigenvalue weighted by Crippen LogP contribution is 2.48. The van der Waals surface area contributed by atoms with E-state index in [0.29, 0.717) is 5.92 Å². The minimum absolute atomic E-state index is 0.207. The molecule has 1 aromatic rings. The molecule has 0 aliphatic heterocycles. The molecule has 1 atom stereocenters. The summed E-state index contributed by atoms with van der Waals surface area (Å²) >= 11 is 3.47. The number of nitrogens with one attached hydrogen (secondary N) is 1. The standard InChI is InChI=1S/C16H22BrNO/c1-12(2)14(8-11-17)18-15(19)16(9-10-16)13-6-4-3-5-7-13/h3-7,12,14H,8-11H2,1-2H3,(H,18,19). The minimum atomic E-state index is -0.249. The Morgan fingerprint density at radius 3 is 2.42 bits per heavy atom. The van der Waals surface area contributed by atoms with Gasteiger partial charge in [-0.25, -0.2) is 0 Å². The fourth-order valence-corrected chi connectivity index (χ4v) is 3.02. The average molecular weight is 324 g/mol. The van der Waals surface area contributed by atoms with Crippen molar-refractivity contribution in [2.75, 3.05) is 5.33 Å². The summed E-state index contributed by atoms with van der Waals surface area (Å²) in [6, 6.07) is 10.4. The maximum atomic E-state index is 12.6. The van der Waals surface area contributed by atoms with Crippen LogP contribution in [-0.2, 0) is 10.2 Å². The minimum Gasteiger partial charge on any atom is -0.352 e. The smallest absolute Gasteiger partial charge is 0.230 e. The largest absolute Gasteiger partial charge is 0.352 e. The maximum Gasteiger partial charge on any atom is 0.230 e. The van der Waals surface area contributed by atoms with Crippen LogP contribution in [0.3, 0.4) is 0 Å². The molecular formula is C16H22BrNO. The Balaban J connectivity index is 2.07. The molecule has 19 heavy (non-hydrogen) atoms. The number of benzene rings is 1. The summed E-state index contributed by atoms with van der Waals surface area (Å²) in [5.74, 6) is 0.673. The van der Waals surface area contributed by atoms with Crippen LogP contribution >= 0.6 is 15.9 Å². The molecular weight excluding hydrogens is 302 g/mol. The third kappa shape index (κ3) is 3.19. The number of carbonyl (C=O) groups is 1. The Morgan fingerprint density at radius 1 is 1.32 bits per heavy atom. The van der Waals surface area contributed by atoms with Gasteiger partial charge < -0.3 is 5.32 Å². The molecule has 0 radical (unpaired) electrons. The van der Waals surface area contributed by atoms with Crippen LogP contribution in [0.2, 0.25) is 0 Å². The van der Waals surface area contributed by atoms with Crippen molar-refractivity contribution in [1.29, 1.82) is 0 Å². The normalized spacial score (nSPS) is 18.1. The lowest BCUT2D eigenvalue weighted by Crippen LogP contribution is -2.44. The van der Waals surface area contributed by atoms with Gasteiger partial charge >= 0.3 is 0 Å². The number of amides is 1. The molecule has 0 bridgehead atoms. The van der Waals surface area contributed by atoms with Gasteiger partial charge in [-0.15, -0.1) is 0 Å². The van der Waals surface area contributed by atoms with E-state index in [9.17, 15) is 4.79 Å². The van der Waals surface area contributed by atoms with Crippen molar-refractivity contribution in [3.05, 3.63) is 35.9 Å². The van der Waals surface area contributed by atoms with E-state index in [4.69, 9.17) is 0 Å². The van der Waals surface area contributed by atoms with Gasteiger partial charge in [0, 0.05) is 11.4 Å². The van der Waals surface area contributed by atoms with Gasteiger partial charge in [0.05, 0.1) is 5.41 Å². The zero-order valence-corrected chi connectivity index (χ0v) is 13.2. The van der Waals surface area contributed by atoms with E-state index in [1.54, 1.807) is 0 Å². The van der Waals surface area contributed by atoms with Crippen molar-refractivity contribution in [2.24, 2.45) is 5.92 Å². The maximum absolute atomic E-state index is 12.6. The van der Waals surface area contributed by atoms with Crippen LogP contribution < -0.4 is 5.32 Å². The zero-order chi connectivity index (χ0) is 13.9. The molecule has 1 N–H and O–H groups in total. The Hall–Kier alpha value is -0.830. The topological polar surface area (TPSA) is 29.1 Å². The first-order valence-corrected chi connectivity index (χ1v) is 8.15. The van der Waals surface area contributed by atoms with E-state index in [2.05, 4.69) is 47.2 Å². The lowest BCUT2D eigenvalue weighted by molar-refractivity contribution is -0.124. The first kappa shape index (κ1) is 14.6. The molecule has 1 unspecified atom stereocenters. The van der Waals surface area contributed by atoms with Crippen molar-refractivity contribution >= 4 is 21.8 Å². The highest BCUT2D eigenvalue weighted by atomic mass is 79.9. The second-order valence-corrected chi connectivity index (χ2v) is 6.54. The first-order chi connectivity index (χ1) is 9.10. The van der Waals surface area contributed by atoms with Crippen molar-refractivity contribution in [3.63, 3.8) is 0 Å². The van der Waals surface area contributed by atoms with Crippen molar-refractivity contribution in [1.82, 2.24) is 5.32 Å². The van der Waals surface area contributed by atoms with E-state index in [1.807, 2.05) is 18.2 Å². The highest BCUT2D eigenvalue weighted by molar-refractivity contribution is 9.09. The molecule has 104 valence electrons. The molecule has 0 saturated heterocycles. The van der Waals surface area contributed by atoms with E-state index >= 15 is 0 Å². The van der Waals surface area contributed by atoms with Crippen molar-refractivity contribution in [2.45, 2.75) is 44.6 Å². The Kier molecular flexibility index (Phi) is 4.67. The molecule has 0 aromatic heterocycles. The fraction of sp³-hybridized carbons (Fsp3) is 0.562. The van der Waals surface area contributed by atoms with Gasteiger partial charge in [0.1, 0.15) is 0 Å². The van der Waals surface area contributed by atoms with Gasteiger partial charge in [0.25, 0.3) is 0 Å².